The van der Waals surface area contributed by atoms with Crippen LogP contribution in [-0.2, 0) is 17.4 Å². The van der Waals surface area contributed by atoms with Gasteiger partial charge in [-0.05, 0) is 54.8 Å². The van der Waals surface area contributed by atoms with Gasteiger partial charge in [-0.1, -0.05) is 25.5 Å². The largest absolute Gasteiger partial charge is 0.457 e. The van der Waals surface area contributed by atoms with E-state index in [1.54, 1.807) is 12.1 Å². The molecule has 154 valence electrons. The van der Waals surface area contributed by atoms with Crippen molar-refractivity contribution < 1.29 is 22.7 Å². The van der Waals surface area contributed by atoms with Crippen LogP contribution in [-0.4, -0.2) is 18.5 Å². The average Bonchev–Trinajstić information content (AvgIpc) is 2.63. The zero-order valence-corrected chi connectivity index (χ0v) is 16.3. The Bertz CT molecular complexity index is 735. The Hall–Kier alpha value is -2.25. The zero-order valence-electron chi connectivity index (χ0n) is 15.5. The van der Waals surface area contributed by atoms with E-state index in [0.717, 1.165) is 24.1 Å². The number of nitrogens with one attached hydrogen (secondary N) is 1. The smallest absolute Gasteiger partial charge is 0.416 e. The second-order valence-electron chi connectivity index (χ2n) is 6.20. The van der Waals surface area contributed by atoms with Crippen molar-refractivity contribution in [2.45, 2.75) is 38.4 Å². The van der Waals surface area contributed by atoms with E-state index in [4.69, 9.17) is 10.5 Å². The molecular formula is C20H24ClF3N2O2. The number of carbonyl (C=O) groups excluding carboxylic acids is 1. The van der Waals surface area contributed by atoms with Crippen molar-refractivity contribution in [1.29, 1.82) is 0 Å². The van der Waals surface area contributed by atoms with Gasteiger partial charge in [0.1, 0.15) is 11.5 Å². The van der Waals surface area contributed by atoms with Crippen molar-refractivity contribution in [3.63, 3.8) is 0 Å². The number of amides is 1. The quantitative estimate of drug-likeness (QED) is 0.655. The van der Waals surface area contributed by atoms with Gasteiger partial charge in [-0.15, -0.1) is 12.4 Å². The van der Waals surface area contributed by atoms with E-state index >= 15 is 0 Å². The maximum absolute atomic E-state index is 12.6. The summed E-state index contributed by atoms with van der Waals surface area (Å²) >= 11 is 0. The Labute approximate surface area is 168 Å². The van der Waals surface area contributed by atoms with Crippen LogP contribution in [0.5, 0.6) is 11.5 Å². The summed E-state index contributed by atoms with van der Waals surface area (Å²) in [6, 6.07) is 11.2. The van der Waals surface area contributed by atoms with E-state index in [1.807, 2.05) is 19.1 Å². The number of benzene rings is 2. The average molecular weight is 417 g/mol. The predicted molar refractivity (Wildman–Crippen MR) is 105 cm³/mol. The summed E-state index contributed by atoms with van der Waals surface area (Å²) in [6.07, 6.45) is -2.21. The van der Waals surface area contributed by atoms with E-state index < -0.39 is 17.8 Å². The SMILES string of the molecule is CCCC(N)C(=O)NCCc1ccc(Oc2ccc(C(F)(F)F)cc2)cc1.Cl. The molecule has 0 bridgehead atoms. The molecule has 0 aliphatic carbocycles. The molecule has 3 N–H and O–H groups in total. The Morgan fingerprint density at radius 3 is 2.11 bits per heavy atom. The maximum Gasteiger partial charge on any atom is 0.416 e. The number of hydrogen-bond donors (Lipinski definition) is 2. The summed E-state index contributed by atoms with van der Waals surface area (Å²) in [6.45, 7) is 2.46. The summed E-state index contributed by atoms with van der Waals surface area (Å²) in [7, 11) is 0. The molecule has 2 rings (SSSR count). The number of ether oxygens (including phenoxy) is 1. The highest BCUT2D eigenvalue weighted by atomic mass is 35.5. The zero-order chi connectivity index (χ0) is 19.9. The molecular weight excluding hydrogens is 393 g/mol. The monoisotopic (exact) mass is 416 g/mol. The Kier molecular flexibility index (Phi) is 9.28. The summed E-state index contributed by atoms with van der Waals surface area (Å²) in [4.78, 5) is 11.7. The standard InChI is InChI=1S/C20H23F3N2O2.ClH/c1-2-3-18(24)19(26)25-13-12-14-4-8-16(9-5-14)27-17-10-6-15(7-11-17)20(21,22)23;/h4-11,18H,2-3,12-13,24H2,1H3,(H,25,26);1H. The normalized spacial score (nSPS) is 12.0. The third kappa shape index (κ3) is 7.40. The molecule has 1 amide bonds. The van der Waals surface area contributed by atoms with Crippen molar-refractivity contribution in [3.05, 3.63) is 59.7 Å². The van der Waals surface area contributed by atoms with Gasteiger partial charge in [-0.3, -0.25) is 4.79 Å². The second-order valence-corrected chi connectivity index (χ2v) is 6.20. The van der Waals surface area contributed by atoms with Crippen molar-refractivity contribution >= 4 is 18.3 Å². The minimum Gasteiger partial charge on any atom is -0.457 e. The topological polar surface area (TPSA) is 64.4 Å². The molecule has 1 unspecified atom stereocenters. The lowest BCUT2D eigenvalue weighted by molar-refractivity contribution is -0.137. The Balaban J connectivity index is 0.00000392. The summed E-state index contributed by atoms with van der Waals surface area (Å²) in [5, 5.41) is 2.80. The highest BCUT2D eigenvalue weighted by molar-refractivity contribution is 5.85. The fourth-order valence-corrected chi connectivity index (χ4v) is 2.48. The molecule has 2 aromatic rings. The highest BCUT2D eigenvalue weighted by Crippen LogP contribution is 2.31. The van der Waals surface area contributed by atoms with Crippen LogP contribution in [0.2, 0.25) is 0 Å². The van der Waals surface area contributed by atoms with Gasteiger partial charge < -0.3 is 15.8 Å². The van der Waals surface area contributed by atoms with Crippen LogP contribution in [0.4, 0.5) is 13.2 Å². The van der Waals surface area contributed by atoms with Gasteiger partial charge in [0.15, 0.2) is 0 Å². The highest BCUT2D eigenvalue weighted by Gasteiger charge is 2.30. The fourth-order valence-electron chi connectivity index (χ4n) is 2.48. The predicted octanol–water partition coefficient (Wildman–Crippen LogP) is 4.71. The molecule has 4 nitrogen and oxygen atoms in total. The van der Waals surface area contributed by atoms with Crippen LogP contribution >= 0.6 is 12.4 Å². The third-order valence-electron chi connectivity index (χ3n) is 3.99. The van der Waals surface area contributed by atoms with Crippen molar-refractivity contribution in [1.82, 2.24) is 5.32 Å². The van der Waals surface area contributed by atoms with Gasteiger partial charge >= 0.3 is 6.18 Å². The Morgan fingerprint density at radius 2 is 1.61 bits per heavy atom. The molecule has 1 atom stereocenters. The van der Waals surface area contributed by atoms with Gasteiger partial charge in [0.2, 0.25) is 5.91 Å². The molecule has 0 aromatic heterocycles. The van der Waals surface area contributed by atoms with Crippen LogP contribution < -0.4 is 15.8 Å². The molecule has 0 heterocycles. The van der Waals surface area contributed by atoms with E-state index in [2.05, 4.69) is 5.32 Å². The fraction of sp³-hybridized carbons (Fsp3) is 0.350. The number of carbonyl (C=O) groups is 1. The molecule has 28 heavy (non-hydrogen) atoms. The summed E-state index contributed by atoms with van der Waals surface area (Å²) in [5.74, 6) is 0.694. The van der Waals surface area contributed by atoms with Gasteiger partial charge in [0, 0.05) is 6.54 Å². The van der Waals surface area contributed by atoms with E-state index in [9.17, 15) is 18.0 Å². The summed E-state index contributed by atoms with van der Waals surface area (Å²) < 4.78 is 43.2. The van der Waals surface area contributed by atoms with Gasteiger partial charge in [0.25, 0.3) is 0 Å². The number of hydrogen-bond acceptors (Lipinski definition) is 3. The molecule has 0 spiro atoms. The minimum absolute atomic E-state index is 0. The van der Waals surface area contributed by atoms with Crippen LogP contribution in [0.1, 0.15) is 30.9 Å². The lowest BCUT2D eigenvalue weighted by Gasteiger charge is -2.11. The first-order chi connectivity index (χ1) is 12.8. The van der Waals surface area contributed by atoms with Gasteiger partial charge in [0.05, 0.1) is 11.6 Å². The number of halogens is 4. The third-order valence-corrected chi connectivity index (χ3v) is 3.99. The lowest BCUT2D eigenvalue weighted by Crippen LogP contribution is -2.41. The van der Waals surface area contributed by atoms with Gasteiger partial charge in [-0.25, -0.2) is 0 Å². The molecule has 8 heteroatoms. The maximum atomic E-state index is 12.6. The lowest BCUT2D eigenvalue weighted by atomic mass is 10.1. The van der Waals surface area contributed by atoms with Crippen molar-refractivity contribution in [2.75, 3.05) is 6.54 Å². The van der Waals surface area contributed by atoms with E-state index in [0.29, 0.717) is 30.9 Å². The van der Waals surface area contributed by atoms with Crippen molar-refractivity contribution in [3.8, 4) is 11.5 Å². The van der Waals surface area contributed by atoms with Crippen molar-refractivity contribution in [2.24, 2.45) is 5.73 Å². The first-order valence-corrected chi connectivity index (χ1v) is 8.77. The molecule has 0 fully saturated rings. The minimum atomic E-state index is -4.37. The molecule has 0 radical (unpaired) electrons. The molecule has 0 aliphatic rings. The van der Waals surface area contributed by atoms with Crippen LogP contribution in [0.25, 0.3) is 0 Å². The number of nitrogens with two attached hydrogens (primary N) is 1. The number of rotatable bonds is 8. The van der Waals surface area contributed by atoms with E-state index in [-0.39, 0.29) is 18.3 Å². The van der Waals surface area contributed by atoms with Crippen LogP contribution in [0.15, 0.2) is 48.5 Å². The number of alkyl halides is 3. The van der Waals surface area contributed by atoms with Crippen LogP contribution in [0.3, 0.4) is 0 Å². The second kappa shape index (κ2) is 10.9. The van der Waals surface area contributed by atoms with E-state index in [1.165, 1.54) is 12.1 Å². The van der Waals surface area contributed by atoms with Gasteiger partial charge in [-0.2, -0.15) is 13.2 Å². The van der Waals surface area contributed by atoms with Crippen LogP contribution in [0, 0.1) is 0 Å². The first kappa shape index (κ1) is 23.8. The first-order valence-electron chi connectivity index (χ1n) is 8.77. The summed E-state index contributed by atoms with van der Waals surface area (Å²) in [5.41, 5.74) is 6.02. The molecule has 0 saturated heterocycles. The molecule has 0 aliphatic heterocycles. The Morgan fingerprint density at radius 1 is 1.07 bits per heavy atom. The molecule has 2 aromatic carbocycles. The molecule has 0 saturated carbocycles.